The minimum absolute atomic E-state index is 0.250. The molecule has 11 heteroatoms. The van der Waals surface area contributed by atoms with Crippen molar-refractivity contribution >= 4 is 34.7 Å². The summed E-state index contributed by atoms with van der Waals surface area (Å²) in [6.07, 6.45) is 7.45. The Bertz CT molecular complexity index is 1220. The highest BCUT2D eigenvalue weighted by Crippen LogP contribution is 2.36. The Morgan fingerprint density at radius 3 is 2.70 bits per heavy atom. The molecule has 1 N–H and O–H groups in total. The number of rotatable bonds is 7. The lowest BCUT2D eigenvalue weighted by Crippen LogP contribution is -2.15. The van der Waals surface area contributed by atoms with Gasteiger partial charge in [0.1, 0.15) is 10.8 Å². The number of thioether (sulfide) groups is 1. The first-order chi connectivity index (χ1) is 16.2. The molecular weight excluding hydrogens is 463 g/mol. The lowest BCUT2D eigenvalue weighted by atomic mass is 9.95. The van der Waals surface area contributed by atoms with Crippen molar-refractivity contribution in [2.24, 2.45) is 0 Å². The van der Waals surface area contributed by atoms with Crippen LogP contribution in [0.1, 0.15) is 53.0 Å². The third kappa shape index (κ3) is 4.98. The van der Waals surface area contributed by atoms with Gasteiger partial charge in [0, 0.05) is 11.7 Å². The Labute approximate surface area is 197 Å². The van der Waals surface area contributed by atoms with Gasteiger partial charge in [0.15, 0.2) is 10.9 Å². The van der Waals surface area contributed by atoms with Gasteiger partial charge in [-0.3, -0.25) is 9.36 Å². The molecule has 1 aromatic carbocycles. The molecule has 0 saturated heterocycles. The third-order valence-corrected chi connectivity index (χ3v) is 7.49. The van der Waals surface area contributed by atoms with Gasteiger partial charge in [0.2, 0.25) is 10.8 Å². The Morgan fingerprint density at radius 2 is 1.94 bits per heavy atom. The molecule has 3 aromatic heterocycles. The standard InChI is InChI=1S/C22H21FN6O2S2/c23-14-8-10-15(11-9-14)24-20(30)21-27-25-18(33-21)13-32-22-28-26-19(17-7-4-12-31-17)29(22)16-5-2-1-3-6-16/h4,7-12,16H,1-3,5-6,13H2,(H,24,30). The maximum absolute atomic E-state index is 13.1. The minimum Gasteiger partial charge on any atom is -0.461 e. The molecule has 1 aliphatic rings. The highest BCUT2D eigenvalue weighted by atomic mass is 32.2. The highest BCUT2D eigenvalue weighted by Gasteiger charge is 2.25. The van der Waals surface area contributed by atoms with Gasteiger partial charge in [0.25, 0.3) is 5.91 Å². The summed E-state index contributed by atoms with van der Waals surface area (Å²) in [5, 5.41) is 21.5. The predicted octanol–water partition coefficient (Wildman–Crippen LogP) is 5.58. The number of carbonyl (C=O) groups is 1. The van der Waals surface area contributed by atoms with Crippen LogP contribution >= 0.6 is 23.1 Å². The van der Waals surface area contributed by atoms with E-state index in [0.717, 1.165) is 23.8 Å². The van der Waals surface area contributed by atoms with Crippen LogP contribution in [0.3, 0.4) is 0 Å². The summed E-state index contributed by atoms with van der Waals surface area (Å²) < 4.78 is 20.8. The van der Waals surface area contributed by atoms with Gasteiger partial charge in [-0.2, -0.15) is 0 Å². The quantitative estimate of drug-likeness (QED) is 0.342. The Hall–Kier alpha value is -3.05. The van der Waals surface area contributed by atoms with E-state index >= 15 is 0 Å². The summed E-state index contributed by atoms with van der Waals surface area (Å²) in [5.74, 6) is 1.23. The van der Waals surface area contributed by atoms with Gasteiger partial charge in [-0.1, -0.05) is 42.4 Å². The number of hydrogen-bond acceptors (Lipinski definition) is 8. The predicted molar refractivity (Wildman–Crippen MR) is 124 cm³/mol. The lowest BCUT2D eigenvalue weighted by Gasteiger charge is -2.25. The third-order valence-electron chi connectivity index (χ3n) is 5.43. The SMILES string of the molecule is O=C(Nc1ccc(F)cc1)c1nnc(CSc2nnc(-c3ccco3)n2C2CCCCC2)s1. The largest absolute Gasteiger partial charge is 0.461 e. The van der Waals surface area contributed by atoms with Gasteiger partial charge in [-0.25, -0.2) is 4.39 Å². The smallest absolute Gasteiger partial charge is 0.286 e. The van der Waals surface area contributed by atoms with Gasteiger partial charge in [-0.05, 0) is 49.2 Å². The molecule has 1 amide bonds. The number of amides is 1. The summed E-state index contributed by atoms with van der Waals surface area (Å²) in [7, 11) is 0. The van der Waals surface area contributed by atoms with Crippen LogP contribution in [0.5, 0.6) is 0 Å². The maximum atomic E-state index is 13.1. The van der Waals surface area contributed by atoms with Gasteiger partial charge in [0.05, 0.1) is 12.0 Å². The molecule has 170 valence electrons. The molecule has 8 nitrogen and oxygen atoms in total. The number of aromatic nitrogens is 5. The lowest BCUT2D eigenvalue weighted by molar-refractivity contribution is 0.102. The molecule has 33 heavy (non-hydrogen) atoms. The van der Waals surface area contributed by atoms with Crippen LogP contribution in [-0.2, 0) is 5.75 Å². The molecule has 0 unspecified atom stereocenters. The van der Waals surface area contributed by atoms with Crippen LogP contribution in [0.25, 0.3) is 11.6 Å². The van der Waals surface area contributed by atoms with Crippen molar-refractivity contribution in [2.45, 2.75) is 49.1 Å². The molecule has 3 heterocycles. The Kier molecular flexibility index (Phi) is 6.49. The van der Waals surface area contributed by atoms with E-state index in [1.54, 1.807) is 6.26 Å². The maximum Gasteiger partial charge on any atom is 0.286 e. The first-order valence-corrected chi connectivity index (χ1v) is 12.5. The second kappa shape index (κ2) is 9.84. The molecule has 5 rings (SSSR count). The fourth-order valence-electron chi connectivity index (χ4n) is 3.87. The molecule has 0 bridgehead atoms. The summed E-state index contributed by atoms with van der Waals surface area (Å²) in [6, 6.07) is 9.66. The first kappa shape index (κ1) is 21.8. The van der Waals surface area contributed by atoms with Crippen molar-refractivity contribution in [1.82, 2.24) is 25.0 Å². The molecule has 0 spiro atoms. The van der Waals surface area contributed by atoms with Gasteiger partial charge < -0.3 is 9.73 Å². The average Bonchev–Trinajstić information content (AvgIpc) is 3.60. The summed E-state index contributed by atoms with van der Waals surface area (Å²) >= 11 is 2.75. The Morgan fingerprint density at radius 1 is 1.12 bits per heavy atom. The molecule has 0 atom stereocenters. The van der Waals surface area contributed by atoms with Crippen LogP contribution in [0.2, 0.25) is 0 Å². The zero-order valence-electron chi connectivity index (χ0n) is 17.6. The van der Waals surface area contributed by atoms with E-state index in [0.29, 0.717) is 28.2 Å². The number of benzene rings is 1. The molecule has 1 aliphatic carbocycles. The number of halogens is 1. The second-order valence-corrected chi connectivity index (χ2v) is 9.70. The number of nitrogens with zero attached hydrogens (tertiary/aromatic N) is 5. The molecule has 1 saturated carbocycles. The van der Waals surface area contributed by atoms with Crippen LogP contribution in [0.4, 0.5) is 10.1 Å². The van der Waals surface area contributed by atoms with Crippen LogP contribution < -0.4 is 5.32 Å². The monoisotopic (exact) mass is 484 g/mol. The summed E-state index contributed by atoms with van der Waals surface area (Å²) in [4.78, 5) is 12.4. The van der Waals surface area contributed by atoms with E-state index in [1.807, 2.05) is 12.1 Å². The van der Waals surface area contributed by atoms with Crippen molar-refractivity contribution < 1.29 is 13.6 Å². The molecule has 0 radical (unpaired) electrons. The minimum atomic E-state index is -0.374. The van der Waals surface area contributed by atoms with E-state index in [1.165, 1.54) is 66.6 Å². The van der Waals surface area contributed by atoms with Crippen molar-refractivity contribution in [3.63, 3.8) is 0 Å². The number of anilines is 1. The van der Waals surface area contributed by atoms with E-state index in [4.69, 9.17) is 4.42 Å². The van der Waals surface area contributed by atoms with Crippen molar-refractivity contribution in [1.29, 1.82) is 0 Å². The number of hydrogen-bond donors (Lipinski definition) is 1. The van der Waals surface area contributed by atoms with Crippen molar-refractivity contribution in [3.8, 4) is 11.6 Å². The molecule has 1 fully saturated rings. The Balaban J connectivity index is 1.29. The zero-order chi connectivity index (χ0) is 22.6. The topological polar surface area (TPSA) is 98.7 Å². The number of nitrogens with one attached hydrogen (secondary N) is 1. The molecular formula is C22H21FN6O2S2. The van der Waals surface area contributed by atoms with Crippen molar-refractivity contribution in [3.05, 3.63) is 58.5 Å². The molecule has 0 aliphatic heterocycles. The van der Waals surface area contributed by atoms with Gasteiger partial charge in [-0.15, -0.1) is 20.4 Å². The zero-order valence-corrected chi connectivity index (χ0v) is 19.2. The van der Waals surface area contributed by atoms with Crippen LogP contribution in [0, 0.1) is 5.82 Å². The van der Waals surface area contributed by atoms with Crippen molar-refractivity contribution in [2.75, 3.05) is 5.32 Å². The highest BCUT2D eigenvalue weighted by molar-refractivity contribution is 7.98. The normalized spacial score (nSPS) is 14.5. The van der Waals surface area contributed by atoms with Crippen LogP contribution in [-0.4, -0.2) is 30.9 Å². The van der Waals surface area contributed by atoms with E-state index < -0.39 is 0 Å². The fourth-order valence-corrected chi connectivity index (χ4v) is 5.59. The summed E-state index contributed by atoms with van der Waals surface area (Å²) in [5.41, 5.74) is 0.499. The first-order valence-electron chi connectivity index (χ1n) is 10.7. The van der Waals surface area contributed by atoms with Gasteiger partial charge >= 0.3 is 0 Å². The number of carbonyl (C=O) groups excluding carboxylic acids is 1. The second-order valence-electron chi connectivity index (χ2n) is 7.70. The average molecular weight is 485 g/mol. The van der Waals surface area contributed by atoms with Crippen LogP contribution in [0.15, 0.2) is 52.2 Å². The molecule has 4 aromatic rings. The van der Waals surface area contributed by atoms with E-state index in [9.17, 15) is 9.18 Å². The van der Waals surface area contributed by atoms with E-state index in [-0.39, 0.29) is 16.7 Å². The number of furan rings is 1. The fraction of sp³-hybridized carbons (Fsp3) is 0.318. The summed E-state index contributed by atoms with van der Waals surface area (Å²) in [6.45, 7) is 0. The van der Waals surface area contributed by atoms with E-state index in [2.05, 4.69) is 30.3 Å².